The lowest BCUT2D eigenvalue weighted by Crippen LogP contribution is -2.34. The molecule has 1 aromatic rings. The van der Waals surface area contributed by atoms with Gasteiger partial charge in [0.15, 0.2) is 5.69 Å². The van der Waals surface area contributed by atoms with Crippen molar-refractivity contribution in [3.63, 3.8) is 0 Å². The summed E-state index contributed by atoms with van der Waals surface area (Å²) in [5, 5.41) is 6.79. The van der Waals surface area contributed by atoms with Crippen LogP contribution in [-0.2, 0) is 5.41 Å². The van der Waals surface area contributed by atoms with E-state index in [4.69, 9.17) is 4.52 Å². The molecule has 0 bridgehead atoms. The second kappa shape index (κ2) is 4.17. The lowest BCUT2D eigenvalue weighted by atomic mass is 9.93. The molecule has 4 heteroatoms. The number of nitrogens with zero attached hydrogens (tertiary/aromatic N) is 1. The molecular formula is C13H20N2O2. The largest absolute Gasteiger partial charge is 0.360 e. The van der Waals surface area contributed by atoms with E-state index in [1.54, 1.807) is 6.07 Å². The first-order chi connectivity index (χ1) is 7.88. The molecule has 94 valence electrons. The van der Waals surface area contributed by atoms with Crippen molar-refractivity contribution >= 4 is 5.91 Å². The summed E-state index contributed by atoms with van der Waals surface area (Å²) in [5.74, 6) is 1.25. The Kier molecular flexibility index (Phi) is 2.98. The molecule has 17 heavy (non-hydrogen) atoms. The lowest BCUT2D eigenvalue weighted by Gasteiger charge is -2.12. The summed E-state index contributed by atoms with van der Waals surface area (Å²) in [6.45, 7) is 8.13. The van der Waals surface area contributed by atoms with E-state index in [0.717, 1.165) is 5.76 Å². The molecule has 1 saturated carbocycles. The minimum atomic E-state index is -0.136. The highest BCUT2D eigenvalue weighted by Gasteiger charge is 2.30. The Hall–Kier alpha value is -1.32. The zero-order valence-corrected chi connectivity index (χ0v) is 10.9. The average Bonchev–Trinajstić information content (AvgIpc) is 2.93. The topological polar surface area (TPSA) is 55.1 Å². The predicted molar refractivity (Wildman–Crippen MR) is 64.9 cm³/mol. The predicted octanol–water partition coefficient (Wildman–Crippen LogP) is 2.50. The minimum Gasteiger partial charge on any atom is -0.360 e. The highest BCUT2D eigenvalue weighted by molar-refractivity contribution is 5.92. The quantitative estimate of drug-likeness (QED) is 0.877. The van der Waals surface area contributed by atoms with E-state index in [9.17, 15) is 4.79 Å². The highest BCUT2D eigenvalue weighted by atomic mass is 16.5. The maximum atomic E-state index is 11.9. The number of rotatable bonds is 3. The van der Waals surface area contributed by atoms with Gasteiger partial charge >= 0.3 is 0 Å². The van der Waals surface area contributed by atoms with Gasteiger partial charge in [0, 0.05) is 17.5 Å². The van der Waals surface area contributed by atoms with E-state index in [1.165, 1.54) is 12.8 Å². The van der Waals surface area contributed by atoms with Gasteiger partial charge in [-0.15, -0.1) is 0 Å². The third kappa shape index (κ3) is 2.87. The molecule has 1 heterocycles. The van der Waals surface area contributed by atoms with Gasteiger partial charge in [0.1, 0.15) is 5.76 Å². The minimum absolute atomic E-state index is 0.117. The molecule has 0 saturated heterocycles. The van der Waals surface area contributed by atoms with Crippen LogP contribution in [0.15, 0.2) is 10.6 Å². The molecule has 0 aliphatic heterocycles. The Labute approximate surface area is 102 Å². The van der Waals surface area contributed by atoms with Crippen LogP contribution >= 0.6 is 0 Å². The summed E-state index contributed by atoms with van der Waals surface area (Å²) >= 11 is 0. The van der Waals surface area contributed by atoms with E-state index >= 15 is 0 Å². The Morgan fingerprint density at radius 1 is 1.53 bits per heavy atom. The Morgan fingerprint density at radius 2 is 2.18 bits per heavy atom. The zero-order chi connectivity index (χ0) is 12.6. The molecular weight excluding hydrogens is 216 g/mol. The number of nitrogens with one attached hydrogen (secondary N) is 1. The van der Waals surface area contributed by atoms with Crippen molar-refractivity contribution in [1.82, 2.24) is 10.5 Å². The normalized spacial score (nSPS) is 17.9. The monoisotopic (exact) mass is 236 g/mol. The number of amides is 1. The second-order valence-electron chi connectivity index (χ2n) is 5.93. The van der Waals surface area contributed by atoms with Gasteiger partial charge in [0.05, 0.1) is 0 Å². The fourth-order valence-electron chi connectivity index (χ4n) is 1.73. The molecule has 1 fully saturated rings. The van der Waals surface area contributed by atoms with E-state index < -0.39 is 0 Å². The third-order valence-corrected chi connectivity index (χ3v) is 3.17. The summed E-state index contributed by atoms with van der Waals surface area (Å²) in [6.07, 6.45) is 2.43. The second-order valence-corrected chi connectivity index (χ2v) is 5.93. The molecule has 0 radical (unpaired) electrons. The van der Waals surface area contributed by atoms with Crippen LogP contribution in [-0.4, -0.2) is 17.1 Å². The summed E-state index contributed by atoms with van der Waals surface area (Å²) in [5.41, 5.74) is 0.260. The van der Waals surface area contributed by atoms with Crippen LogP contribution in [0.4, 0.5) is 0 Å². The van der Waals surface area contributed by atoms with Crippen molar-refractivity contribution in [2.75, 3.05) is 0 Å². The van der Waals surface area contributed by atoms with Crippen LogP contribution in [0.5, 0.6) is 0 Å². The number of carbonyl (C=O) groups excluding carboxylic acids is 1. The molecule has 1 aliphatic rings. The standard InChI is InChI=1S/C13H20N2O2/c1-8(9-5-6-9)14-12(16)10-7-11(17-15-10)13(2,3)4/h7-9H,5-6H2,1-4H3,(H,14,16)/t8-/m1/s1. The summed E-state index contributed by atoms with van der Waals surface area (Å²) in [4.78, 5) is 11.9. The molecule has 0 spiro atoms. The molecule has 1 aliphatic carbocycles. The third-order valence-electron chi connectivity index (χ3n) is 3.17. The Balaban J connectivity index is 2.01. The number of hydrogen-bond donors (Lipinski definition) is 1. The molecule has 0 aromatic carbocycles. The molecule has 1 N–H and O–H groups in total. The van der Waals surface area contributed by atoms with Crippen molar-refractivity contribution in [2.24, 2.45) is 5.92 Å². The van der Waals surface area contributed by atoms with Gasteiger partial charge in [-0.05, 0) is 25.7 Å². The van der Waals surface area contributed by atoms with Gasteiger partial charge in [-0.3, -0.25) is 4.79 Å². The van der Waals surface area contributed by atoms with Gasteiger partial charge in [0.25, 0.3) is 5.91 Å². The molecule has 1 amide bonds. The molecule has 4 nitrogen and oxygen atoms in total. The van der Waals surface area contributed by atoms with Crippen LogP contribution in [0.1, 0.15) is 56.8 Å². The Morgan fingerprint density at radius 3 is 2.65 bits per heavy atom. The number of carbonyl (C=O) groups is 1. The number of aromatic nitrogens is 1. The smallest absolute Gasteiger partial charge is 0.273 e. The first kappa shape index (κ1) is 12.1. The van der Waals surface area contributed by atoms with Crippen LogP contribution < -0.4 is 5.32 Å². The van der Waals surface area contributed by atoms with E-state index in [-0.39, 0.29) is 17.4 Å². The van der Waals surface area contributed by atoms with Gasteiger partial charge in [-0.1, -0.05) is 25.9 Å². The maximum absolute atomic E-state index is 11.9. The van der Waals surface area contributed by atoms with Crippen molar-refractivity contribution in [3.8, 4) is 0 Å². The van der Waals surface area contributed by atoms with Crippen LogP contribution in [0.2, 0.25) is 0 Å². The van der Waals surface area contributed by atoms with E-state index in [0.29, 0.717) is 11.6 Å². The van der Waals surface area contributed by atoms with Crippen LogP contribution in [0.25, 0.3) is 0 Å². The van der Waals surface area contributed by atoms with Gasteiger partial charge in [0.2, 0.25) is 0 Å². The zero-order valence-electron chi connectivity index (χ0n) is 10.9. The SMILES string of the molecule is C[C@@H](NC(=O)c1cc(C(C)(C)C)on1)C1CC1. The molecule has 2 rings (SSSR count). The van der Waals surface area contributed by atoms with Gasteiger partial charge in [-0.25, -0.2) is 0 Å². The fraction of sp³-hybridized carbons (Fsp3) is 0.692. The van der Waals surface area contributed by atoms with Crippen molar-refractivity contribution in [3.05, 3.63) is 17.5 Å². The van der Waals surface area contributed by atoms with Crippen LogP contribution in [0, 0.1) is 5.92 Å². The fourth-order valence-corrected chi connectivity index (χ4v) is 1.73. The van der Waals surface area contributed by atoms with Crippen molar-refractivity contribution in [2.45, 2.75) is 52.0 Å². The van der Waals surface area contributed by atoms with Gasteiger partial charge < -0.3 is 9.84 Å². The highest BCUT2D eigenvalue weighted by Crippen LogP contribution is 2.32. The van der Waals surface area contributed by atoms with Gasteiger partial charge in [-0.2, -0.15) is 0 Å². The van der Waals surface area contributed by atoms with E-state index in [2.05, 4.69) is 10.5 Å². The van der Waals surface area contributed by atoms with Crippen molar-refractivity contribution in [1.29, 1.82) is 0 Å². The average molecular weight is 236 g/mol. The summed E-state index contributed by atoms with van der Waals surface area (Å²) in [6, 6.07) is 1.96. The molecule has 1 aromatic heterocycles. The first-order valence-electron chi connectivity index (χ1n) is 6.16. The first-order valence-corrected chi connectivity index (χ1v) is 6.16. The van der Waals surface area contributed by atoms with E-state index in [1.807, 2.05) is 27.7 Å². The number of hydrogen-bond acceptors (Lipinski definition) is 3. The van der Waals surface area contributed by atoms with Crippen LogP contribution in [0.3, 0.4) is 0 Å². The summed E-state index contributed by atoms with van der Waals surface area (Å²) < 4.78 is 5.20. The maximum Gasteiger partial charge on any atom is 0.273 e. The molecule has 0 unspecified atom stereocenters. The lowest BCUT2D eigenvalue weighted by molar-refractivity contribution is 0.0926. The molecule has 1 atom stereocenters. The van der Waals surface area contributed by atoms with Crippen molar-refractivity contribution < 1.29 is 9.32 Å². The Bertz CT molecular complexity index is 413. The summed E-state index contributed by atoms with van der Waals surface area (Å²) in [7, 11) is 0.